The van der Waals surface area contributed by atoms with E-state index >= 15 is 0 Å². The van der Waals surface area contributed by atoms with Crippen molar-refractivity contribution < 1.29 is 5.11 Å². The minimum absolute atomic E-state index is 0. The van der Waals surface area contributed by atoms with Crippen molar-refractivity contribution in [2.24, 2.45) is 0 Å². The molecule has 0 aliphatic carbocycles. The van der Waals surface area contributed by atoms with E-state index < -0.39 is 6.10 Å². The molecular weight excluding hydrogens is 371 g/mol. The molecule has 26 heavy (non-hydrogen) atoms. The van der Waals surface area contributed by atoms with Gasteiger partial charge in [-0.15, -0.1) is 24.8 Å². The van der Waals surface area contributed by atoms with Crippen LogP contribution in [0.15, 0.2) is 48.8 Å². The molecule has 5 nitrogen and oxygen atoms in total. The Morgan fingerprint density at radius 1 is 1.19 bits per heavy atom. The molecule has 0 aliphatic heterocycles. The Morgan fingerprint density at radius 3 is 2.62 bits per heavy atom. The second-order valence-electron chi connectivity index (χ2n) is 6.83. The van der Waals surface area contributed by atoms with Gasteiger partial charge < -0.3 is 21.1 Å². The maximum absolute atomic E-state index is 10.3. The molecule has 0 radical (unpaired) electrons. The van der Waals surface area contributed by atoms with Crippen LogP contribution in [-0.2, 0) is 6.42 Å². The quantitative estimate of drug-likeness (QED) is 0.512. The molecule has 0 unspecified atom stereocenters. The number of aliphatic hydroxyl groups excluding tert-OH is 1. The van der Waals surface area contributed by atoms with E-state index in [0.29, 0.717) is 12.4 Å². The third-order valence-corrected chi connectivity index (χ3v) is 4.28. The molecule has 0 bridgehead atoms. The fraction of sp³-hybridized carbons (Fsp3) is 0.316. The number of β-amino-alcohol motifs (C(OH)–C–C–N with tert-alkyl or cyclic N) is 1. The molecule has 1 aromatic carbocycles. The first kappa shape index (κ1) is 22.3. The molecule has 3 rings (SSSR count). The number of benzene rings is 1. The standard InChI is InChI=1S/C19H24N4O.2ClH/c1-19(2,9-14-11-21-16-6-4-3-5-15(14)16)23-12-17(24)13-7-8-18(20)22-10-13;;/h3-8,10-11,17,21,23-24H,9,12H2,1-2H3,(H2,20,22);2*1H/t17-;;/m0../s1. The molecule has 0 amide bonds. The summed E-state index contributed by atoms with van der Waals surface area (Å²) < 4.78 is 0. The fourth-order valence-corrected chi connectivity index (χ4v) is 2.92. The number of H-pyrrole nitrogens is 1. The topological polar surface area (TPSA) is 87.0 Å². The Bertz CT molecular complexity index is 818. The van der Waals surface area contributed by atoms with Gasteiger partial charge in [0.25, 0.3) is 0 Å². The third-order valence-electron chi connectivity index (χ3n) is 4.28. The van der Waals surface area contributed by atoms with Gasteiger partial charge in [-0.25, -0.2) is 4.98 Å². The number of aromatic amines is 1. The molecule has 0 saturated heterocycles. The molecule has 0 aliphatic rings. The van der Waals surface area contributed by atoms with Crippen molar-refractivity contribution in [2.75, 3.05) is 12.3 Å². The van der Waals surface area contributed by atoms with E-state index in [4.69, 9.17) is 5.73 Å². The number of halogens is 2. The summed E-state index contributed by atoms with van der Waals surface area (Å²) in [6, 6.07) is 11.8. The summed E-state index contributed by atoms with van der Waals surface area (Å²) in [6.45, 7) is 4.74. The lowest BCUT2D eigenvalue weighted by Crippen LogP contribution is -2.43. The van der Waals surface area contributed by atoms with E-state index in [-0.39, 0.29) is 30.4 Å². The number of nitrogens with two attached hydrogens (primary N) is 1. The van der Waals surface area contributed by atoms with Gasteiger partial charge in [0.05, 0.1) is 6.10 Å². The molecule has 1 atom stereocenters. The lowest BCUT2D eigenvalue weighted by atomic mass is 9.94. The van der Waals surface area contributed by atoms with Crippen molar-refractivity contribution in [3.8, 4) is 0 Å². The summed E-state index contributed by atoms with van der Waals surface area (Å²) in [4.78, 5) is 7.33. The van der Waals surface area contributed by atoms with Crippen molar-refractivity contribution in [1.29, 1.82) is 0 Å². The van der Waals surface area contributed by atoms with Crippen LogP contribution in [0, 0.1) is 0 Å². The number of para-hydroxylation sites is 1. The predicted molar refractivity (Wildman–Crippen MR) is 112 cm³/mol. The molecule has 2 aromatic heterocycles. The van der Waals surface area contributed by atoms with Gasteiger partial charge in [-0.3, -0.25) is 0 Å². The number of nitrogen functional groups attached to an aromatic ring is 1. The van der Waals surface area contributed by atoms with Crippen molar-refractivity contribution in [2.45, 2.75) is 31.9 Å². The molecule has 0 saturated carbocycles. The van der Waals surface area contributed by atoms with Gasteiger partial charge in [0.15, 0.2) is 0 Å². The van der Waals surface area contributed by atoms with Gasteiger partial charge in [-0.1, -0.05) is 24.3 Å². The van der Waals surface area contributed by atoms with Gasteiger partial charge in [-0.2, -0.15) is 0 Å². The number of nitrogens with zero attached hydrogens (tertiary/aromatic N) is 1. The summed E-state index contributed by atoms with van der Waals surface area (Å²) >= 11 is 0. The number of fused-ring (bicyclic) bond motifs is 1. The highest BCUT2D eigenvalue weighted by atomic mass is 35.5. The minimum atomic E-state index is -0.611. The second kappa shape index (κ2) is 9.24. The number of aliphatic hydroxyl groups is 1. The Morgan fingerprint density at radius 2 is 1.92 bits per heavy atom. The summed E-state index contributed by atoms with van der Waals surface area (Å²) in [5.74, 6) is 0.457. The zero-order valence-electron chi connectivity index (χ0n) is 14.9. The molecule has 0 fully saturated rings. The van der Waals surface area contributed by atoms with E-state index in [2.05, 4.69) is 53.5 Å². The summed E-state index contributed by atoms with van der Waals surface area (Å²) in [7, 11) is 0. The first-order chi connectivity index (χ1) is 11.4. The Balaban J connectivity index is 0.00000169. The second-order valence-corrected chi connectivity index (χ2v) is 6.83. The van der Waals surface area contributed by atoms with E-state index in [1.165, 1.54) is 10.9 Å². The zero-order chi connectivity index (χ0) is 17.2. The number of anilines is 1. The molecule has 0 spiro atoms. The molecule has 2 heterocycles. The normalized spacial score (nSPS) is 12.3. The van der Waals surface area contributed by atoms with Gasteiger partial charge in [0.1, 0.15) is 5.82 Å². The summed E-state index contributed by atoms with van der Waals surface area (Å²) in [5.41, 5.74) is 8.62. The average molecular weight is 397 g/mol. The zero-order valence-corrected chi connectivity index (χ0v) is 16.5. The SMILES string of the molecule is CC(C)(Cc1c[nH]c2ccccc12)NC[C@H](O)c1ccc(N)nc1.Cl.Cl. The minimum Gasteiger partial charge on any atom is -0.387 e. The third kappa shape index (κ3) is 5.35. The number of hydrogen-bond acceptors (Lipinski definition) is 4. The maximum atomic E-state index is 10.3. The molecule has 3 aromatic rings. The average Bonchev–Trinajstić information content (AvgIpc) is 2.96. The number of pyridine rings is 1. The first-order valence-corrected chi connectivity index (χ1v) is 8.14. The van der Waals surface area contributed by atoms with Crippen LogP contribution in [0.4, 0.5) is 5.82 Å². The van der Waals surface area contributed by atoms with Crippen LogP contribution in [0.25, 0.3) is 10.9 Å². The van der Waals surface area contributed by atoms with Gasteiger partial charge in [-0.05, 0) is 38.0 Å². The van der Waals surface area contributed by atoms with Gasteiger partial charge >= 0.3 is 0 Å². The van der Waals surface area contributed by atoms with E-state index in [9.17, 15) is 5.11 Å². The largest absolute Gasteiger partial charge is 0.387 e. The van der Waals surface area contributed by atoms with Crippen molar-refractivity contribution in [3.05, 3.63) is 59.9 Å². The predicted octanol–water partition coefficient (Wildman–Crippen LogP) is 3.63. The summed E-state index contributed by atoms with van der Waals surface area (Å²) in [5, 5.41) is 15.0. The Hall–Kier alpha value is -1.79. The molecule has 7 heteroatoms. The summed E-state index contributed by atoms with van der Waals surface area (Å²) in [6.07, 6.45) is 3.94. The van der Waals surface area contributed by atoms with Crippen LogP contribution >= 0.6 is 24.8 Å². The maximum Gasteiger partial charge on any atom is 0.123 e. The molecule has 5 N–H and O–H groups in total. The van der Waals surface area contributed by atoms with Crippen molar-refractivity contribution in [1.82, 2.24) is 15.3 Å². The highest BCUT2D eigenvalue weighted by molar-refractivity contribution is 5.85. The van der Waals surface area contributed by atoms with Gasteiger partial charge in [0, 0.05) is 40.9 Å². The van der Waals surface area contributed by atoms with E-state index in [1.54, 1.807) is 18.3 Å². The van der Waals surface area contributed by atoms with E-state index in [0.717, 1.165) is 17.5 Å². The number of hydrogen-bond donors (Lipinski definition) is 4. The van der Waals surface area contributed by atoms with E-state index in [1.807, 2.05) is 6.07 Å². The van der Waals surface area contributed by atoms with Crippen LogP contribution in [0.2, 0.25) is 0 Å². The number of aromatic nitrogens is 2. The Kier molecular flexibility index (Phi) is 7.90. The first-order valence-electron chi connectivity index (χ1n) is 8.14. The molecule has 142 valence electrons. The highest BCUT2D eigenvalue weighted by Gasteiger charge is 2.21. The monoisotopic (exact) mass is 396 g/mol. The van der Waals surface area contributed by atoms with Gasteiger partial charge in [0.2, 0.25) is 0 Å². The van der Waals surface area contributed by atoms with Crippen LogP contribution in [0.5, 0.6) is 0 Å². The lowest BCUT2D eigenvalue weighted by Gasteiger charge is -2.28. The van der Waals surface area contributed by atoms with Crippen LogP contribution in [0.1, 0.15) is 31.1 Å². The smallest absolute Gasteiger partial charge is 0.123 e. The fourth-order valence-electron chi connectivity index (χ4n) is 2.92. The van der Waals surface area contributed by atoms with Crippen LogP contribution in [-0.4, -0.2) is 27.2 Å². The lowest BCUT2D eigenvalue weighted by molar-refractivity contribution is 0.160. The van der Waals surface area contributed by atoms with Crippen molar-refractivity contribution >= 4 is 41.5 Å². The van der Waals surface area contributed by atoms with Crippen molar-refractivity contribution in [3.63, 3.8) is 0 Å². The van der Waals surface area contributed by atoms with Crippen LogP contribution in [0.3, 0.4) is 0 Å². The Labute approximate surface area is 166 Å². The number of nitrogens with one attached hydrogen (secondary N) is 2. The number of rotatable bonds is 6. The molecular formula is C19H26Cl2N4O. The highest BCUT2D eigenvalue weighted by Crippen LogP contribution is 2.23. The van der Waals surface area contributed by atoms with Crippen LogP contribution < -0.4 is 11.1 Å².